The van der Waals surface area contributed by atoms with Crippen molar-refractivity contribution in [1.29, 1.82) is 0 Å². The second-order valence-electron chi connectivity index (χ2n) is 8.06. The molecule has 1 heterocycles. The van der Waals surface area contributed by atoms with Gasteiger partial charge in [-0.15, -0.1) is 0 Å². The van der Waals surface area contributed by atoms with Crippen molar-refractivity contribution in [3.8, 4) is 0 Å². The van der Waals surface area contributed by atoms with Gasteiger partial charge < -0.3 is 5.32 Å². The zero-order chi connectivity index (χ0) is 21.4. The summed E-state index contributed by atoms with van der Waals surface area (Å²) in [7, 11) is -3.62. The van der Waals surface area contributed by atoms with Crippen LogP contribution in [0.4, 0.5) is 5.69 Å². The topological polar surface area (TPSA) is 86.8 Å². The average molecular weight is 442 g/mol. The molecule has 1 N–H and O–H groups in total. The first kappa shape index (κ1) is 22.1. The van der Waals surface area contributed by atoms with Gasteiger partial charge in [0, 0.05) is 23.3 Å². The van der Waals surface area contributed by atoms with Crippen LogP contribution in [-0.4, -0.2) is 55.0 Å². The molecule has 1 atom stereocenters. The van der Waals surface area contributed by atoms with Crippen LogP contribution in [-0.2, 0) is 19.6 Å². The van der Waals surface area contributed by atoms with Crippen molar-refractivity contribution >= 4 is 39.1 Å². The van der Waals surface area contributed by atoms with Gasteiger partial charge >= 0.3 is 0 Å². The van der Waals surface area contributed by atoms with Crippen LogP contribution in [0.3, 0.4) is 0 Å². The molecular weight excluding hydrogens is 414 g/mol. The standard InChI is InChI=1S/C20H28ClN3O4S/c1-4-29(27,28)23-12-18(25)24(17-10-9-15(21)11-14(17)2)20(3,13-23)19(26)22-16-7-5-6-8-16/h9-11,16H,4-8,12-13H2,1-3H3,(H,22,26). The van der Waals surface area contributed by atoms with E-state index in [1.54, 1.807) is 25.1 Å². The summed E-state index contributed by atoms with van der Waals surface area (Å²) in [4.78, 5) is 28.0. The fourth-order valence-electron chi connectivity index (χ4n) is 4.20. The summed E-state index contributed by atoms with van der Waals surface area (Å²) in [6, 6.07) is 5.16. The molecule has 9 heteroatoms. The normalized spacial score (nSPS) is 24.1. The summed E-state index contributed by atoms with van der Waals surface area (Å²) in [5.41, 5.74) is -0.0479. The maximum absolute atomic E-state index is 13.4. The number of carbonyl (C=O) groups is 2. The number of benzene rings is 1. The third-order valence-corrected chi connectivity index (χ3v) is 7.89. The third kappa shape index (κ3) is 4.29. The first-order valence-corrected chi connectivity index (χ1v) is 11.9. The second kappa shape index (κ2) is 8.24. The van der Waals surface area contributed by atoms with Gasteiger partial charge in [-0.2, -0.15) is 4.31 Å². The zero-order valence-corrected chi connectivity index (χ0v) is 18.6. The number of hydrogen-bond donors (Lipinski definition) is 1. The Morgan fingerprint density at radius 3 is 2.55 bits per heavy atom. The zero-order valence-electron chi connectivity index (χ0n) is 17.1. The molecule has 0 radical (unpaired) electrons. The molecule has 160 valence electrons. The largest absolute Gasteiger partial charge is 0.351 e. The lowest BCUT2D eigenvalue weighted by molar-refractivity contribution is -0.133. The molecule has 0 bridgehead atoms. The van der Waals surface area contributed by atoms with Crippen LogP contribution in [0.1, 0.15) is 45.1 Å². The lowest BCUT2D eigenvalue weighted by Crippen LogP contribution is -2.71. The third-order valence-electron chi connectivity index (χ3n) is 5.88. The highest BCUT2D eigenvalue weighted by Crippen LogP contribution is 2.34. The van der Waals surface area contributed by atoms with Crippen molar-refractivity contribution in [2.45, 2.75) is 58.0 Å². The minimum absolute atomic E-state index is 0.0563. The van der Waals surface area contributed by atoms with Crippen molar-refractivity contribution in [2.75, 3.05) is 23.7 Å². The Morgan fingerprint density at radius 2 is 1.97 bits per heavy atom. The molecule has 1 aromatic rings. The van der Waals surface area contributed by atoms with E-state index in [0.29, 0.717) is 10.7 Å². The van der Waals surface area contributed by atoms with E-state index in [1.165, 1.54) is 11.8 Å². The summed E-state index contributed by atoms with van der Waals surface area (Å²) in [6.45, 7) is 4.62. The van der Waals surface area contributed by atoms with Gasteiger partial charge in [0.05, 0.1) is 12.3 Å². The van der Waals surface area contributed by atoms with Crippen LogP contribution in [0, 0.1) is 6.92 Å². The van der Waals surface area contributed by atoms with Crippen molar-refractivity contribution in [1.82, 2.24) is 9.62 Å². The summed E-state index contributed by atoms with van der Waals surface area (Å²) in [5.74, 6) is -0.883. The highest BCUT2D eigenvalue weighted by molar-refractivity contribution is 7.89. The number of halogens is 1. The number of sulfonamides is 1. The van der Waals surface area contributed by atoms with Crippen molar-refractivity contribution in [3.63, 3.8) is 0 Å². The number of amides is 2. The molecule has 2 amide bonds. The first-order valence-electron chi connectivity index (χ1n) is 9.96. The molecule has 1 aromatic carbocycles. The van der Waals surface area contributed by atoms with Gasteiger partial charge in [0.2, 0.25) is 21.8 Å². The van der Waals surface area contributed by atoms with Crippen molar-refractivity contribution < 1.29 is 18.0 Å². The van der Waals surface area contributed by atoms with Gasteiger partial charge in [0.1, 0.15) is 5.54 Å². The first-order chi connectivity index (χ1) is 13.6. The predicted octanol–water partition coefficient (Wildman–Crippen LogP) is 2.46. The molecule has 3 rings (SSSR count). The molecule has 1 unspecified atom stereocenters. The van der Waals surface area contributed by atoms with E-state index in [0.717, 1.165) is 35.6 Å². The molecule has 1 saturated heterocycles. The average Bonchev–Trinajstić information content (AvgIpc) is 3.15. The second-order valence-corrected chi connectivity index (χ2v) is 10.8. The van der Waals surface area contributed by atoms with Crippen LogP contribution >= 0.6 is 11.6 Å². The molecule has 1 saturated carbocycles. The SMILES string of the molecule is CCS(=O)(=O)N1CC(=O)N(c2ccc(Cl)cc2C)C(C)(C(=O)NC2CCCC2)C1. The molecule has 2 fully saturated rings. The number of piperazine rings is 1. The molecule has 29 heavy (non-hydrogen) atoms. The number of nitrogens with one attached hydrogen (secondary N) is 1. The lowest BCUT2D eigenvalue weighted by Gasteiger charge is -2.47. The Hall–Kier alpha value is -1.64. The van der Waals surface area contributed by atoms with Crippen LogP contribution in [0.25, 0.3) is 0 Å². The number of hydrogen-bond acceptors (Lipinski definition) is 4. The van der Waals surface area contributed by atoms with E-state index in [2.05, 4.69) is 5.32 Å². The van der Waals surface area contributed by atoms with Gasteiger partial charge in [0.15, 0.2) is 0 Å². The Labute approximate surface area is 177 Å². The molecule has 7 nitrogen and oxygen atoms in total. The maximum atomic E-state index is 13.4. The number of rotatable bonds is 5. The van der Waals surface area contributed by atoms with Gasteiger partial charge in [-0.25, -0.2) is 8.42 Å². The molecule has 0 spiro atoms. The van der Waals surface area contributed by atoms with Crippen molar-refractivity contribution in [2.24, 2.45) is 0 Å². The molecule has 1 aliphatic carbocycles. The fraction of sp³-hybridized carbons (Fsp3) is 0.600. The van der Waals surface area contributed by atoms with Crippen molar-refractivity contribution in [3.05, 3.63) is 28.8 Å². The Morgan fingerprint density at radius 1 is 1.31 bits per heavy atom. The van der Waals surface area contributed by atoms with Crippen LogP contribution < -0.4 is 10.2 Å². The quantitative estimate of drug-likeness (QED) is 0.760. The Balaban J connectivity index is 2.04. The smallest absolute Gasteiger partial charge is 0.247 e. The minimum Gasteiger partial charge on any atom is -0.351 e. The fourth-order valence-corrected chi connectivity index (χ4v) is 5.55. The summed E-state index contributed by atoms with van der Waals surface area (Å²) >= 11 is 6.07. The molecule has 2 aliphatic rings. The van der Waals surface area contributed by atoms with E-state index >= 15 is 0 Å². The number of carbonyl (C=O) groups excluding carboxylic acids is 2. The number of aryl methyl sites for hydroxylation is 1. The Bertz CT molecular complexity index is 914. The number of nitrogens with zero attached hydrogens (tertiary/aromatic N) is 2. The summed E-state index contributed by atoms with van der Waals surface area (Å²) in [5, 5.41) is 3.58. The summed E-state index contributed by atoms with van der Waals surface area (Å²) in [6.07, 6.45) is 3.90. The highest BCUT2D eigenvalue weighted by Gasteiger charge is 2.51. The van der Waals surface area contributed by atoms with Gasteiger partial charge in [-0.1, -0.05) is 24.4 Å². The van der Waals surface area contributed by atoms with E-state index in [1.807, 2.05) is 6.92 Å². The van der Waals surface area contributed by atoms with E-state index < -0.39 is 21.5 Å². The molecule has 0 aromatic heterocycles. The monoisotopic (exact) mass is 441 g/mol. The molecule has 1 aliphatic heterocycles. The lowest BCUT2D eigenvalue weighted by atomic mass is 9.93. The highest BCUT2D eigenvalue weighted by atomic mass is 35.5. The van der Waals surface area contributed by atoms with Crippen LogP contribution in [0.2, 0.25) is 5.02 Å². The maximum Gasteiger partial charge on any atom is 0.247 e. The Kier molecular flexibility index (Phi) is 6.27. The van der Waals surface area contributed by atoms with Gasteiger partial charge in [-0.3, -0.25) is 14.5 Å². The van der Waals surface area contributed by atoms with E-state index in [-0.39, 0.29) is 30.8 Å². The number of anilines is 1. The van der Waals surface area contributed by atoms with Crippen LogP contribution in [0.5, 0.6) is 0 Å². The van der Waals surface area contributed by atoms with E-state index in [4.69, 9.17) is 11.6 Å². The van der Waals surface area contributed by atoms with Gasteiger partial charge in [0.25, 0.3) is 0 Å². The minimum atomic E-state index is -3.62. The van der Waals surface area contributed by atoms with Gasteiger partial charge in [-0.05, 0) is 57.4 Å². The van der Waals surface area contributed by atoms with Crippen LogP contribution in [0.15, 0.2) is 18.2 Å². The molecular formula is C20H28ClN3O4S. The summed E-state index contributed by atoms with van der Waals surface area (Å²) < 4.78 is 26.2. The van der Waals surface area contributed by atoms with E-state index in [9.17, 15) is 18.0 Å². The predicted molar refractivity (Wildman–Crippen MR) is 114 cm³/mol.